The number of nitrogens with zero attached hydrogens (tertiary/aromatic N) is 1. The number of anilines is 1. The first-order valence-electron chi connectivity index (χ1n) is 6.71. The molecule has 1 atom stereocenters. The van der Waals surface area contributed by atoms with Crippen LogP contribution in [0.1, 0.15) is 24.8 Å². The minimum absolute atomic E-state index is 0.206. The highest BCUT2D eigenvalue weighted by Crippen LogP contribution is 2.27. The first-order chi connectivity index (χ1) is 9.85. The Balaban J connectivity index is 2.26. The van der Waals surface area contributed by atoms with Crippen molar-refractivity contribution in [2.45, 2.75) is 32.2 Å². The quantitative estimate of drug-likeness (QED) is 0.842. The number of nitrogens with one attached hydrogen (secondary N) is 1. The zero-order valence-corrected chi connectivity index (χ0v) is 14.0. The van der Waals surface area contributed by atoms with Crippen LogP contribution < -0.4 is 4.72 Å². The van der Waals surface area contributed by atoms with Crippen molar-refractivity contribution in [2.24, 2.45) is 0 Å². The van der Waals surface area contributed by atoms with Crippen molar-refractivity contribution in [1.29, 1.82) is 0 Å². The van der Waals surface area contributed by atoms with Crippen LogP contribution in [0.25, 0.3) is 0 Å². The van der Waals surface area contributed by atoms with E-state index >= 15 is 0 Å². The van der Waals surface area contributed by atoms with E-state index < -0.39 is 22.1 Å². The second kappa shape index (κ2) is 6.60. The molecule has 1 unspecified atom stereocenters. The molecule has 0 aromatic heterocycles. The maximum absolute atomic E-state index is 13.6. The van der Waals surface area contributed by atoms with Gasteiger partial charge in [0.2, 0.25) is 0 Å². The molecule has 5 nitrogen and oxygen atoms in total. The van der Waals surface area contributed by atoms with E-state index in [4.69, 9.17) is 0 Å². The minimum atomic E-state index is -3.81. The van der Waals surface area contributed by atoms with Gasteiger partial charge in [-0.15, -0.1) is 0 Å². The molecule has 0 bridgehead atoms. The van der Waals surface area contributed by atoms with Crippen LogP contribution in [0.4, 0.5) is 10.1 Å². The molecule has 1 aliphatic rings. The fourth-order valence-corrected chi connectivity index (χ4v) is 4.43. The molecule has 1 saturated heterocycles. The van der Waals surface area contributed by atoms with E-state index in [9.17, 15) is 17.9 Å². The van der Waals surface area contributed by atoms with Gasteiger partial charge in [-0.25, -0.2) is 4.39 Å². The summed E-state index contributed by atoms with van der Waals surface area (Å²) in [6.45, 7) is 1.84. The second-order valence-electron chi connectivity index (χ2n) is 5.13. The lowest BCUT2D eigenvalue weighted by atomic mass is 10.1. The Morgan fingerprint density at radius 1 is 1.48 bits per heavy atom. The highest BCUT2D eigenvalue weighted by atomic mass is 79.9. The van der Waals surface area contributed by atoms with Crippen molar-refractivity contribution in [3.05, 3.63) is 28.0 Å². The van der Waals surface area contributed by atoms with E-state index in [0.29, 0.717) is 18.5 Å². The van der Waals surface area contributed by atoms with Gasteiger partial charge in [-0.1, -0.05) is 6.42 Å². The lowest BCUT2D eigenvalue weighted by Gasteiger charge is -2.33. The second-order valence-corrected chi connectivity index (χ2v) is 7.61. The number of aryl methyl sites for hydroxylation is 1. The molecule has 0 aliphatic carbocycles. The largest absolute Gasteiger partial charge is 0.395 e. The number of rotatable bonds is 4. The fourth-order valence-electron chi connectivity index (χ4n) is 2.43. The van der Waals surface area contributed by atoms with Gasteiger partial charge in [0.1, 0.15) is 5.82 Å². The average molecular weight is 381 g/mol. The third kappa shape index (κ3) is 3.74. The van der Waals surface area contributed by atoms with Gasteiger partial charge in [-0.3, -0.25) is 4.72 Å². The Kier molecular flexibility index (Phi) is 5.24. The van der Waals surface area contributed by atoms with Gasteiger partial charge in [0, 0.05) is 12.6 Å². The van der Waals surface area contributed by atoms with Crippen LogP contribution in [-0.4, -0.2) is 37.0 Å². The zero-order valence-electron chi connectivity index (χ0n) is 11.6. The summed E-state index contributed by atoms with van der Waals surface area (Å²) in [7, 11) is -3.81. The summed E-state index contributed by atoms with van der Waals surface area (Å²) < 4.78 is 42.4. The van der Waals surface area contributed by atoms with E-state index in [1.807, 2.05) is 0 Å². The molecular weight excluding hydrogens is 363 g/mol. The predicted octanol–water partition coefficient (Wildman–Crippen LogP) is 2.40. The van der Waals surface area contributed by atoms with Crippen molar-refractivity contribution >= 4 is 31.8 Å². The summed E-state index contributed by atoms with van der Waals surface area (Å²) >= 11 is 3.06. The molecule has 1 aliphatic heterocycles. The summed E-state index contributed by atoms with van der Waals surface area (Å²) in [5, 5.41) is 9.33. The zero-order chi connectivity index (χ0) is 15.6. The van der Waals surface area contributed by atoms with Crippen LogP contribution in [0, 0.1) is 12.7 Å². The lowest BCUT2D eigenvalue weighted by Crippen LogP contribution is -2.48. The number of hydrogen-bond donors (Lipinski definition) is 2. The van der Waals surface area contributed by atoms with Crippen LogP contribution in [0.15, 0.2) is 16.6 Å². The van der Waals surface area contributed by atoms with Gasteiger partial charge >= 0.3 is 10.2 Å². The van der Waals surface area contributed by atoms with Crippen LogP contribution in [0.3, 0.4) is 0 Å². The monoisotopic (exact) mass is 380 g/mol. The first-order valence-corrected chi connectivity index (χ1v) is 8.94. The van der Waals surface area contributed by atoms with Crippen molar-refractivity contribution in [3.8, 4) is 0 Å². The number of aliphatic hydroxyl groups excluding tert-OH is 1. The average Bonchev–Trinajstić information content (AvgIpc) is 2.44. The van der Waals surface area contributed by atoms with E-state index in [2.05, 4.69) is 20.7 Å². The third-order valence-corrected chi connectivity index (χ3v) is 5.78. The number of benzene rings is 1. The van der Waals surface area contributed by atoms with Crippen LogP contribution >= 0.6 is 15.9 Å². The highest BCUT2D eigenvalue weighted by Gasteiger charge is 2.32. The standard InChI is InChI=1S/C13H18BrFN2O3S/c1-9-6-11(14)12(15)7-13(9)16-21(19,20)17-5-3-2-4-10(17)8-18/h6-7,10,16,18H,2-5,8H2,1H3. The van der Waals surface area contributed by atoms with E-state index in [1.54, 1.807) is 6.92 Å². The Bertz CT molecular complexity index is 624. The molecule has 2 N–H and O–H groups in total. The van der Waals surface area contributed by atoms with Gasteiger partial charge in [0.25, 0.3) is 0 Å². The van der Waals surface area contributed by atoms with Gasteiger partial charge < -0.3 is 5.11 Å². The minimum Gasteiger partial charge on any atom is -0.395 e. The molecule has 0 amide bonds. The molecule has 21 heavy (non-hydrogen) atoms. The summed E-state index contributed by atoms with van der Waals surface area (Å²) in [6, 6.07) is 2.25. The smallest absolute Gasteiger partial charge is 0.301 e. The van der Waals surface area contributed by atoms with Crippen molar-refractivity contribution < 1.29 is 17.9 Å². The molecule has 1 aromatic carbocycles. The Labute approximate surface area is 132 Å². The lowest BCUT2D eigenvalue weighted by molar-refractivity contribution is 0.156. The van der Waals surface area contributed by atoms with E-state index in [1.165, 1.54) is 10.4 Å². The topological polar surface area (TPSA) is 69.6 Å². The van der Waals surface area contributed by atoms with E-state index in [-0.39, 0.29) is 16.8 Å². The molecule has 0 radical (unpaired) electrons. The van der Waals surface area contributed by atoms with Crippen LogP contribution in [-0.2, 0) is 10.2 Å². The Morgan fingerprint density at radius 2 is 2.19 bits per heavy atom. The Hall–Kier alpha value is -0.700. The van der Waals surface area contributed by atoms with Crippen molar-refractivity contribution in [3.63, 3.8) is 0 Å². The van der Waals surface area contributed by atoms with Crippen molar-refractivity contribution in [1.82, 2.24) is 4.31 Å². The number of hydrogen-bond acceptors (Lipinski definition) is 3. The maximum Gasteiger partial charge on any atom is 0.301 e. The van der Waals surface area contributed by atoms with Gasteiger partial charge in [0.05, 0.1) is 16.8 Å². The number of piperidine rings is 1. The molecule has 0 saturated carbocycles. The fraction of sp³-hybridized carbons (Fsp3) is 0.538. The summed E-state index contributed by atoms with van der Waals surface area (Å²) in [6.07, 6.45) is 2.28. The Morgan fingerprint density at radius 3 is 2.86 bits per heavy atom. The van der Waals surface area contributed by atoms with Crippen LogP contribution in [0.2, 0.25) is 0 Å². The van der Waals surface area contributed by atoms with Crippen molar-refractivity contribution in [2.75, 3.05) is 17.9 Å². The molecular formula is C13H18BrFN2O3S. The molecule has 118 valence electrons. The van der Waals surface area contributed by atoms with E-state index in [0.717, 1.165) is 18.9 Å². The summed E-state index contributed by atoms with van der Waals surface area (Å²) in [5.74, 6) is -0.532. The third-order valence-electron chi connectivity index (χ3n) is 3.60. The van der Waals surface area contributed by atoms with Gasteiger partial charge in [-0.05, 0) is 53.4 Å². The predicted molar refractivity (Wildman–Crippen MR) is 82.8 cm³/mol. The molecule has 1 aromatic rings. The molecule has 8 heteroatoms. The molecule has 1 heterocycles. The summed E-state index contributed by atoms with van der Waals surface area (Å²) in [5.41, 5.74) is 0.822. The molecule has 2 rings (SSSR count). The van der Waals surface area contributed by atoms with Crippen LogP contribution in [0.5, 0.6) is 0 Å². The van der Waals surface area contributed by atoms with Gasteiger partial charge in [0.15, 0.2) is 0 Å². The summed E-state index contributed by atoms with van der Waals surface area (Å²) in [4.78, 5) is 0. The highest BCUT2D eigenvalue weighted by molar-refractivity contribution is 9.10. The number of aliphatic hydroxyl groups is 1. The molecule has 1 fully saturated rings. The molecule has 0 spiro atoms. The normalized spacial score (nSPS) is 20.5. The SMILES string of the molecule is Cc1cc(Br)c(F)cc1NS(=O)(=O)N1CCCCC1CO. The van der Waals surface area contributed by atoms with Gasteiger partial charge in [-0.2, -0.15) is 12.7 Å². The number of halogens is 2. The first kappa shape index (κ1) is 16.7. The maximum atomic E-state index is 13.6.